The Balaban J connectivity index is 1.71. The fourth-order valence-corrected chi connectivity index (χ4v) is 4.70. The van der Waals surface area contributed by atoms with Gasteiger partial charge in [-0.3, -0.25) is 4.79 Å². The number of rotatable bonds is 5. The van der Waals surface area contributed by atoms with E-state index in [4.69, 9.17) is 9.97 Å². The van der Waals surface area contributed by atoms with E-state index < -0.39 is 10.0 Å². The maximum Gasteiger partial charge on any atom is 0.208 e. The van der Waals surface area contributed by atoms with Crippen molar-refractivity contribution in [3.8, 4) is 0 Å². The minimum Gasteiger partial charge on any atom is -0.511 e. The third-order valence-electron chi connectivity index (χ3n) is 5.98. The number of carbonyl (C=O) groups is 1. The minimum atomic E-state index is -3.20. The van der Waals surface area contributed by atoms with Gasteiger partial charge in [-0.25, -0.2) is 23.1 Å². The maximum absolute atomic E-state index is 11.7. The van der Waals surface area contributed by atoms with E-state index in [1.807, 2.05) is 39.0 Å². The van der Waals surface area contributed by atoms with Gasteiger partial charge in [-0.2, -0.15) is 0 Å². The second kappa shape index (κ2) is 8.53. The van der Waals surface area contributed by atoms with Crippen LogP contribution in [0.2, 0.25) is 0 Å². The van der Waals surface area contributed by atoms with Crippen LogP contribution in [0.25, 0.3) is 16.5 Å². The number of hydrogen-bond acceptors (Lipinski definition) is 7. The number of aliphatic hydroxyl groups is 1. The van der Waals surface area contributed by atoms with Gasteiger partial charge in [0.25, 0.3) is 0 Å². The summed E-state index contributed by atoms with van der Waals surface area (Å²) in [6.45, 7) is 8.14. The number of carbonyl (C=O) groups excluding carboxylic acids is 1. The van der Waals surface area contributed by atoms with Crippen molar-refractivity contribution in [2.75, 3.05) is 30.8 Å². The van der Waals surface area contributed by atoms with Crippen molar-refractivity contribution in [1.82, 2.24) is 14.7 Å². The number of ketones is 1. The quantitative estimate of drug-likeness (QED) is 0.690. The topological polar surface area (TPSA) is 112 Å². The lowest BCUT2D eigenvalue weighted by molar-refractivity contribution is -0.114. The predicted octanol–water partition coefficient (Wildman–Crippen LogP) is 3.10. The lowest BCUT2D eigenvalue weighted by atomic mass is 9.93. The van der Waals surface area contributed by atoms with Crippen LogP contribution in [0.3, 0.4) is 0 Å². The summed E-state index contributed by atoms with van der Waals surface area (Å²) in [5, 5.41) is 11.3. The van der Waals surface area contributed by atoms with E-state index >= 15 is 0 Å². The number of aromatic nitrogens is 2. The summed E-state index contributed by atoms with van der Waals surface area (Å²) in [7, 11) is -3.20. The number of nitrogens with zero attached hydrogens (tertiary/aromatic N) is 3. The second-order valence-corrected chi connectivity index (χ2v) is 11.7. The molecular weight excluding hydrogens is 440 g/mol. The van der Waals surface area contributed by atoms with Crippen molar-refractivity contribution in [1.29, 1.82) is 0 Å². The molecule has 1 atom stereocenters. The highest BCUT2D eigenvalue weighted by atomic mass is 32.2. The first-order valence-electron chi connectivity index (χ1n) is 11.1. The molecule has 0 bridgehead atoms. The van der Waals surface area contributed by atoms with Crippen molar-refractivity contribution < 1.29 is 18.3 Å². The van der Waals surface area contributed by atoms with Crippen LogP contribution in [-0.2, 0) is 20.2 Å². The lowest BCUT2D eigenvalue weighted by Crippen LogP contribution is -2.30. The molecule has 4 rings (SSSR count). The Labute approximate surface area is 194 Å². The van der Waals surface area contributed by atoms with Gasteiger partial charge in [0.1, 0.15) is 11.6 Å². The average molecular weight is 471 g/mol. The third kappa shape index (κ3) is 5.25. The van der Waals surface area contributed by atoms with Crippen LogP contribution in [0.5, 0.6) is 0 Å². The largest absolute Gasteiger partial charge is 0.511 e. The number of anilines is 1. The van der Waals surface area contributed by atoms with Gasteiger partial charge in [-0.1, -0.05) is 20.8 Å². The third-order valence-corrected chi connectivity index (χ3v) is 6.67. The van der Waals surface area contributed by atoms with Gasteiger partial charge in [0.2, 0.25) is 10.0 Å². The molecule has 176 valence electrons. The summed E-state index contributed by atoms with van der Waals surface area (Å²) < 4.78 is 25.4. The summed E-state index contributed by atoms with van der Waals surface area (Å²) in [5.74, 6) is 0.784. The van der Waals surface area contributed by atoms with Crippen molar-refractivity contribution in [2.45, 2.75) is 39.0 Å². The Bertz CT molecular complexity index is 1280. The average Bonchev–Trinajstić information content (AvgIpc) is 3.19. The maximum atomic E-state index is 11.7. The molecule has 1 saturated heterocycles. The van der Waals surface area contributed by atoms with Crippen molar-refractivity contribution in [2.24, 2.45) is 5.92 Å². The number of aliphatic hydroxyl groups excluding tert-OH is 1. The smallest absolute Gasteiger partial charge is 0.208 e. The summed E-state index contributed by atoms with van der Waals surface area (Å²) in [6, 6.07) is 5.99. The zero-order valence-corrected chi connectivity index (χ0v) is 20.2. The molecule has 9 heteroatoms. The van der Waals surface area contributed by atoms with Gasteiger partial charge in [0.15, 0.2) is 5.78 Å². The molecule has 0 spiro atoms. The molecule has 0 radical (unpaired) electrons. The molecule has 2 heterocycles. The summed E-state index contributed by atoms with van der Waals surface area (Å²) in [4.78, 5) is 23.6. The van der Waals surface area contributed by atoms with E-state index in [-0.39, 0.29) is 29.3 Å². The number of allylic oxidation sites excluding steroid dienone is 4. The standard InChI is InChI=1S/C24H30N4O4S/c1-24(2,3)23-26-20-11-16(28-10-9-15(14-28)13-25-33(4,31)32)5-7-18(20)22(27-23)19-8-6-17(29)12-21(19)30/h5-8,11,15,25,30H,9-10,12-14H2,1-4H3/t15-/m1/s1. The number of sulfonamides is 1. The van der Waals surface area contributed by atoms with Crippen LogP contribution >= 0.6 is 0 Å². The summed E-state index contributed by atoms with van der Waals surface area (Å²) in [5.41, 5.74) is 2.65. The van der Waals surface area contributed by atoms with E-state index in [2.05, 4.69) is 9.62 Å². The highest BCUT2D eigenvalue weighted by Crippen LogP contribution is 2.34. The first-order chi connectivity index (χ1) is 15.4. The Hall–Kier alpha value is -2.78. The fraction of sp³-hybridized carbons (Fsp3) is 0.458. The van der Waals surface area contributed by atoms with Gasteiger partial charge in [0.05, 0.1) is 23.9 Å². The molecule has 1 fully saturated rings. The molecule has 1 aliphatic carbocycles. The van der Waals surface area contributed by atoms with Crippen LogP contribution in [-0.4, -0.2) is 55.2 Å². The number of nitrogens with one attached hydrogen (secondary N) is 1. The molecule has 2 aliphatic rings. The predicted molar refractivity (Wildman–Crippen MR) is 130 cm³/mol. The second-order valence-electron chi connectivity index (χ2n) is 9.91. The van der Waals surface area contributed by atoms with E-state index in [0.29, 0.717) is 23.6 Å². The molecule has 0 saturated carbocycles. The molecule has 2 N–H and O–H groups in total. The number of hydrogen-bond donors (Lipinski definition) is 2. The molecule has 33 heavy (non-hydrogen) atoms. The van der Waals surface area contributed by atoms with Crippen LogP contribution in [0.15, 0.2) is 36.1 Å². The molecule has 1 aromatic heterocycles. The minimum absolute atomic E-state index is 0.0206. The Morgan fingerprint density at radius 1 is 1.21 bits per heavy atom. The highest BCUT2D eigenvalue weighted by Gasteiger charge is 2.26. The Morgan fingerprint density at radius 3 is 2.64 bits per heavy atom. The number of fused-ring (bicyclic) bond motifs is 1. The normalized spacial score (nSPS) is 19.7. The monoisotopic (exact) mass is 470 g/mol. The summed E-state index contributed by atoms with van der Waals surface area (Å²) in [6.07, 6.45) is 5.16. The van der Waals surface area contributed by atoms with Crippen LogP contribution in [0, 0.1) is 5.92 Å². The van der Waals surface area contributed by atoms with E-state index in [0.717, 1.165) is 36.1 Å². The van der Waals surface area contributed by atoms with E-state index in [1.165, 1.54) is 12.3 Å². The van der Waals surface area contributed by atoms with E-state index in [1.54, 1.807) is 6.08 Å². The zero-order valence-electron chi connectivity index (χ0n) is 19.4. The molecule has 8 nitrogen and oxygen atoms in total. The molecule has 0 unspecified atom stereocenters. The molecule has 1 aliphatic heterocycles. The molecule has 0 amide bonds. The van der Waals surface area contributed by atoms with Crippen LogP contribution in [0.4, 0.5) is 5.69 Å². The van der Waals surface area contributed by atoms with Gasteiger partial charge in [-0.15, -0.1) is 0 Å². The lowest BCUT2D eigenvalue weighted by Gasteiger charge is -2.22. The first kappa shape index (κ1) is 23.4. The molecule has 1 aromatic carbocycles. The first-order valence-corrected chi connectivity index (χ1v) is 12.9. The Morgan fingerprint density at radius 2 is 1.97 bits per heavy atom. The van der Waals surface area contributed by atoms with Crippen molar-refractivity contribution in [3.05, 3.63) is 47.6 Å². The SMILES string of the molecule is CC(C)(C)c1nc(C2=C(O)CC(=O)C=C2)c2ccc(N3CC[C@H](CNS(C)(=O)=O)C3)cc2n1. The van der Waals surface area contributed by atoms with Crippen molar-refractivity contribution >= 4 is 38.0 Å². The summed E-state index contributed by atoms with van der Waals surface area (Å²) >= 11 is 0. The highest BCUT2D eigenvalue weighted by molar-refractivity contribution is 7.88. The fourth-order valence-electron chi connectivity index (χ4n) is 4.17. The van der Waals surface area contributed by atoms with E-state index in [9.17, 15) is 18.3 Å². The zero-order chi connectivity index (χ0) is 24.0. The molecule has 2 aromatic rings. The van der Waals surface area contributed by atoms with Crippen LogP contribution < -0.4 is 9.62 Å². The molecular formula is C24H30N4O4S. The van der Waals surface area contributed by atoms with Gasteiger partial charge in [-0.05, 0) is 42.7 Å². The van der Waals surface area contributed by atoms with Gasteiger partial charge >= 0.3 is 0 Å². The van der Waals surface area contributed by atoms with Gasteiger partial charge < -0.3 is 10.0 Å². The van der Waals surface area contributed by atoms with Gasteiger partial charge in [0, 0.05) is 41.7 Å². The number of benzene rings is 1. The van der Waals surface area contributed by atoms with Crippen molar-refractivity contribution in [3.63, 3.8) is 0 Å². The Kier molecular flexibility index (Phi) is 6.05. The van der Waals surface area contributed by atoms with Crippen LogP contribution in [0.1, 0.15) is 45.1 Å².